The van der Waals surface area contributed by atoms with E-state index in [2.05, 4.69) is 4.98 Å². The molecule has 138 valence electrons. The minimum Gasteiger partial charge on any atom is -0.489 e. The SMILES string of the molecule is O=C(c1csc(-c2ccc(OCc3ccccc3Cl)cc2)n1)N1CCCC1. The van der Waals surface area contributed by atoms with E-state index in [1.807, 2.05) is 58.8 Å². The molecule has 0 aliphatic carbocycles. The topological polar surface area (TPSA) is 42.4 Å². The zero-order chi connectivity index (χ0) is 18.6. The highest BCUT2D eigenvalue weighted by Gasteiger charge is 2.21. The molecule has 27 heavy (non-hydrogen) atoms. The molecule has 1 aromatic heterocycles. The molecule has 0 N–H and O–H groups in total. The third-order valence-corrected chi connectivity index (χ3v) is 5.83. The molecule has 4 nitrogen and oxygen atoms in total. The van der Waals surface area contributed by atoms with Crippen LogP contribution < -0.4 is 4.74 Å². The minimum absolute atomic E-state index is 0.0368. The van der Waals surface area contributed by atoms with E-state index in [0.29, 0.717) is 17.3 Å². The summed E-state index contributed by atoms with van der Waals surface area (Å²) in [6, 6.07) is 15.4. The second-order valence-corrected chi connectivity index (χ2v) is 7.71. The molecule has 0 unspecified atom stereocenters. The van der Waals surface area contributed by atoms with Gasteiger partial charge in [0.2, 0.25) is 0 Å². The van der Waals surface area contributed by atoms with E-state index in [1.54, 1.807) is 0 Å². The molecule has 0 saturated carbocycles. The number of hydrogen-bond acceptors (Lipinski definition) is 4. The lowest BCUT2D eigenvalue weighted by atomic mass is 10.2. The highest BCUT2D eigenvalue weighted by Crippen LogP contribution is 2.27. The summed E-state index contributed by atoms with van der Waals surface area (Å²) in [6.45, 7) is 2.09. The summed E-state index contributed by atoms with van der Waals surface area (Å²) in [6.07, 6.45) is 2.16. The van der Waals surface area contributed by atoms with Gasteiger partial charge in [-0.1, -0.05) is 29.8 Å². The summed E-state index contributed by atoms with van der Waals surface area (Å²) < 4.78 is 5.81. The first kappa shape index (κ1) is 18.0. The zero-order valence-electron chi connectivity index (χ0n) is 14.7. The predicted octanol–water partition coefficient (Wildman–Crippen LogP) is 5.28. The molecule has 4 rings (SSSR count). The fraction of sp³-hybridized carbons (Fsp3) is 0.238. The van der Waals surface area contributed by atoms with Crippen LogP contribution in [0.1, 0.15) is 28.9 Å². The number of likely N-dealkylation sites (tertiary alicyclic amines) is 1. The molecule has 1 aliphatic rings. The number of hydrogen-bond donors (Lipinski definition) is 0. The van der Waals surface area contributed by atoms with E-state index in [-0.39, 0.29) is 5.91 Å². The Balaban J connectivity index is 1.42. The van der Waals surface area contributed by atoms with Crippen molar-refractivity contribution in [2.75, 3.05) is 13.1 Å². The monoisotopic (exact) mass is 398 g/mol. The van der Waals surface area contributed by atoms with E-state index in [1.165, 1.54) is 11.3 Å². The third-order valence-electron chi connectivity index (χ3n) is 4.57. The Morgan fingerprint density at radius 1 is 1.11 bits per heavy atom. The summed E-state index contributed by atoms with van der Waals surface area (Å²) in [5.74, 6) is 0.804. The number of rotatable bonds is 5. The van der Waals surface area contributed by atoms with Gasteiger partial charge in [0.05, 0.1) is 0 Å². The van der Waals surface area contributed by atoms with Crippen molar-refractivity contribution >= 4 is 28.8 Å². The quantitative estimate of drug-likeness (QED) is 0.587. The Hall–Kier alpha value is -2.37. The van der Waals surface area contributed by atoms with Crippen LogP contribution in [0.5, 0.6) is 5.75 Å². The van der Waals surface area contributed by atoms with E-state index in [4.69, 9.17) is 16.3 Å². The van der Waals surface area contributed by atoms with Crippen molar-refractivity contribution in [2.24, 2.45) is 0 Å². The van der Waals surface area contributed by atoms with E-state index >= 15 is 0 Å². The van der Waals surface area contributed by atoms with Crippen LogP contribution in [-0.4, -0.2) is 28.9 Å². The maximum atomic E-state index is 12.4. The van der Waals surface area contributed by atoms with E-state index in [0.717, 1.165) is 47.8 Å². The Labute approximate surface area is 167 Å². The normalized spacial score (nSPS) is 13.7. The lowest BCUT2D eigenvalue weighted by Gasteiger charge is -2.12. The van der Waals surface area contributed by atoms with Gasteiger partial charge in [0.1, 0.15) is 23.1 Å². The van der Waals surface area contributed by atoms with Crippen LogP contribution in [0, 0.1) is 0 Å². The molecule has 6 heteroatoms. The maximum absolute atomic E-state index is 12.4. The minimum atomic E-state index is 0.0368. The van der Waals surface area contributed by atoms with Crippen LogP contribution in [0.4, 0.5) is 0 Å². The Morgan fingerprint density at radius 3 is 2.59 bits per heavy atom. The molecule has 1 amide bonds. The molecule has 1 fully saturated rings. The van der Waals surface area contributed by atoms with Gasteiger partial charge in [-0.05, 0) is 43.2 Å². The van der Waals surface area contributed by atoms with Gasteiger partial charge in [-0.25, -0.2) is 4.98 Å². The molecule has 3 aromatic rings. The number of benzene rings is 2. The highest BCUT2D eigenvalue weighted by molar-refractivity contribution is 7.13. The number of carbonyl (C=O) groups is 1. The van der Waals surface area contributed by atoms with Gasteiger partial charge in [0, 0.05) is 34.6 Å². The second-order valence-electron chi connectivity index (χ2n) is 6.44. The number of carbonyl (C=O) groups excluding carboxylic acids is 1. The summed E-state index contributed by atoms with van der Waals surface area (Å²) >= 11 is 7.64. The molecular formula is C21H19ClN2O2S. The summed E-state index contributed by atoms with van der Waals surface area (Å²) in [5.41, 5.74) is 2.47. The van der Waals surface area contributed by atoms with Gasteiger partial charge >= 0.3 is 0 Å². The second kappa shape index (κ2) is 8.11. The molecule has 2 aromatic carbocycles. The maximum Gasteiger partial charge on any atom is 0.273 e. The van der Waals surface area contributed by atoms with Crippen LogP contribution in [-0.2, 0) is 6.61 Å². The van der Waals surface area contributed by atoms with Crippen LogP contribution in [0.25, 0.3) is 10.6 Å². The van der Waals surface area contributed by atoms with Crippen molar-refractivity contribution in [1.82, 2.24) is 9.88 Å². The summed E-state index contributed by atoms with van der Waals surface area (Å²) in [5, 5.41) is 3.39. The average molecular weight is 399 g/mol. The number of nitrogens with zero attached hydrogens (tertiary/aromatic N) is 2. The van der Waals surface area contributed by atoms with Crippen LogP contribution in [0.2, 0.25) is 5.02 Å². The lowest BCUT2D eigenvalue weighted by Crippen LogP contribution is -2.27. The molecule has 0 spiro atoms. The Morgan fingerprint density at radius 2 is 1.85 bits per heavy atom. The Bertz CT molecular complexity index is 933. The molecule has 2 heterocycles. The molecule has 0 atom stereocenters. The van der Waals surface area contributed by atoms with Crippen LogP contribution in [0.15, 0.2) is 53.9 Å². The first-order valence-electron chi connectivity index (χ1n) is 8.92. The van der Waals surface area contributed by atoms with Crippen LogP contribution >= 0.6 is 22.9 Å². The standard InChI is InChI=1S/C21H19ClN2O2S/c22-18-6-2-1-5-16(18)13-26-17-9-7-15(8-10-17)20-23-19(14-27-20)21(25)24-11-3-4-12-24/h1-2,5-10,14H,3-4,11-13H2. The number of halogens is 1. The molecule has 1 saturated heterocycles. The van der Waals surface area contributed by atoms with Crippen molar-refractivity contribution in [3.8, 4) is 16.3 Å². The summed E-state index contributed by atoms with van der Waals surface area (Å²) in [7, 11) is 0. The van der Waals surface area contributed by atoms with Gasteiger partial charge in [-0.2, -0.15) is 0 Å². The molecule has 1 aliphatic heterocycles. The summed E-state index contributed by atoms with van der Waals surface area (Å²) in [4.78, 5) is 18.8. The van der Waals surface area contributed by atoms with E-state index < -0.39 is 0 Å². The van der Waals surface area contributed by atoms with Crippen molar-refractivity contribution < 1.29 is 9.53 Å². The largest absolute Gasteiger partial charge is 0.489 e. The molecule has 0 bridgehead atoms. The first-order chi connectivity index (χ1) is 13.2. The number of ether oxygens (including phenoxy) is 1. The van der Waals surface area contributed by atoms with Gasteiger partial charge < -0.3 is 9.64 Å². The Kier molecular flexibility index (Phi) is 5.41. The number of thiazole rings is 1. The van der Waals surface area contributed by atoms with Gasteiger partial charge in [-0.15, -0.1) is 11.3 Å². The number of amides is 1. The van der Waals surface area contributed by atoms with Gasteiger partial charge in [0.25, 0.3) is 5.91 Å². The van der Waals surface area contributed by atoms with Crippen LogP contribution in [0.3, 0.4) is 0 Å². The first-order valence-corrected chi connectivity index (χ1v) is 10.2. The molecular weight excluding hydrogens is 380 g/mol. The zero-order valence-corrected chi connectivity index (χ0v) is 16.3. The fourth-order valence-electron chi connectivity index (χ4n) is 3.06. The predicted molar refractivity (Wildman–Crippen MR) is 108 cm³/mol. The van der Waals surface area contributed by atoms with Gasteiger partial charge in [0.15, 0.2) is 0 Å². The molecule has 0 radical (unpaired) electrons. The van der Waals surface area contributed by atoms with Crippen molar-refractivity contribution in [3.63, 3.8) is 0 Å². The third kappa shape index (κ3) is 4.15. The van der Waals surface area contributed by atoms with Gasteiger partial charge in [-0.3, -0.25) is 4.79 Å². The smallest absolute Gasteiger partial charge is 0.273 e. The lowest BCUT2D eigenvalue weighted by molar-refractivity contribution is 0.0788. The number of aromatic nitrogens is 1. The van der Waals surface area contributed by atoms with Crippen molar-refractivity contribution in [3.05, 3.63) is 70.2 Å². The average Bonchev–Trinajstić information content (AvgIpc) is 3.39. The fourth-order valence-corrected chi connectivity index (χ4v) is 4.05. The van der Waals surface area contributed by atoms with E-state index in [9.17, 15) is 4.79 Å². The van der Waals surface area contributed by atoms with Crippen molar-refractivity contribution in [1.29, 1.82) is 0 Å². The van der Waals surface area contributed by atoms with Crippen molar-refractivity contribution in [2.45, 2.75) is 19.4 Å². The highest BCUT2D eigenvalue weighted by atomic mass is 35.5.